The molecule has 25 heavy (non-hydrogen) atoms. The fraction of sp³-hybridized carbons (Fsp3) is 0.294. The average molecular weight is 371 g/mol. The van der Waals surface area contributed by atoms with Gasteiger partial charge in [0.25, 0.3) is 0 Å². The van der Waals surface area contributed by atoms with Crippen molar-refractivity contribution in [2.24, 2.45) is 0 Å². The molecule has 2 rings (SSSR count). The van der Waals surface area contributed by atoms with Gasteiger partial charge in [-0.15, -0.1) is 0 Å². The standard InChI is InChI=1S/C17H17ClF2N2O3/c1-4-25-16(24)11(9-22(2)3)15(23)17(18)6-5-10-7-12(19)13(20)8-14(10)21-17/h5-9,21H,4H2,1-3H3. The van der Waals surface area contributed by atoms with E-state index in [4.69, 9.17) is 16.3 Å². The third-order valence-electron chi connectivity index (χ3n) is 3.36. The number of hydrogen-bond donors (Lipinski definition) is 1. The van der Waals surface area contributed by atoms with Crippen LogP contribution in [0.2, 0.25) is 0 Å². The minimum absolute atomic E-state index is 0.0861. The highest BCUT2D eigenvalue weighted by Gasteiger charge is 2.41. The molecular weight excluding hydrogens is 354 g/mol. The van der Waals surface area contributed by atoms with Crippen molar-refractivity contribution in [1.29, 1.82) is 0 Å². The summed E-state index contributed by atoms with van der Waals surface area (Å²) in [5.41, 5.74) is 0.195. The molecule has 0 bridgehead atoms. The first-order valence-electron chi connectivity index (χ1n) is 7.43. The van der Waals surface area contributed by atoms with Gasteiger partial charge in [0, 0.05) is 37.6 Å². The molecule has 0 saturated carbocycles. The van der Waals surface area contributed by atoms with Crippen molar-refractivity contribution in [3.8, 4) is 0 Å². The maximum atomic E-state index is 13.5. The van der Waals surface area contributed by atoms with Gasteiger partial charge in [-0.3, -0.25) is 4.79 Å². The maximum absolute atomic E-state index is 13.5. The molecule has 1 aromatic carbocycles. The predicted molar refractivity (Wildman–Crippen MR) is 91.0 cm³/mol. The molecule has 0 aromatic heterocycles. The van der Waals surface area contributed by atoms with Crippen LogP contribution in [0.3, 0.4) is 0 Å². The lowest BCUT2D eigenvalue weighted by Crippen LogP contribution is -2.43. The van der Waals surface area contributed by atoms with E-state index >= 15 is 0 Å². The Balaban J connectivity index is 2.40. The van der Waals surface area contributed by atoms with Crippen molar-refractivity contribution in [3.05, 3.63) is 47.2 Å². The zero-order valence-electron chi connectivity index (χ0n) is 13.9. The Kier molecular flexibility index (Phi) is 5.47. The van der Waals surface area contributed by atoms with Gasteiger partial charge in [-0.2, -0.15) is 0 Å². The molecule has 1 heterocycles. The molecule has 5 nitrogen and oxygen atoms in total. The molecular formula is C17H17ClF2N2O3. The molecule has 8 heteroatoms. The normalized spacial score (nSPS) is 19.0. The highest BCUT2D eigenvalue weighted by Crippen LogP contribution is 2.34. The van der Waals surface area contributed by atoms with Crippen LogP contribution in [0.15, 0.2) is 30.0 Å². The second-order valence-electron chi connectivity index (χ2n) is 5.58. The predicted octanol–water partition coefficient (Wildman–Crippen LogP) is 2.92. The van der Waals surface area contributed by atoms with E-state index in [1.165, 1.54) is 23.3 Å². The molecule has 0 saturated heterocycles. The molecule has 1 aliphatic heterocycles. The lowest BCUT2D eigenvalue weighted by molar-refractivity contribution is -0.140. The summed E-state index contributed by atoms with van der Waals surface area (Å²) >= 11 is 6.34. The van der Waals surface area contributed by atoms with E-state index in [2.05, 4.69) is 5.32 Å². The van der Waals surface area contributed by atoms with E-state index in [9.17, 15) is 18.4 Å². The molecule has 1 N–H and O–H groups in total. The van der Waals surface area contributed by atoms with E-state index in [0.717, 1.165) is 12.1 Å². The highest BCUT2D eigenvalue weighted by molar-refractivity contribution is 6.44. The summed E-state index contributed by atoms with van der Waals surface area (Å²) in [5.74, 6) is -3.69. The Bertz CT molecular complexity index is 777. The number of halogens is 3. The topological polar surface area (TPSA) is 58.6 Å². The number of carbonyl (C=O) groups excluding carboxylic acids is 2. The number of alkyl halides is 1. The number of ether oxygens (including phenoxy) is 1. The summed E-state index contributed by atoms with van der Waals surface area (Å²) in [5, 5.41) is 2.65. The van der Waals surface area contributed by atoms with Crippen molar-refractivity contribution in [2.45, 2.75) is 11.9 Å². The van der Waals surface area contributed by atoms with Crippen LogP contribution >= 0.6 is 11.6 Å². The summed E-state index contributed by atoms with van der Waals surface area (Å²) in [6.07, 6.45) is 3.96. The lowest BCUT2D eigenvalue weighted by Gasteiger charge is -2.29. The minimum Gasteiger partial charge on any atom is -0.462 e. The number of benzene rings is 1. The van der Waals surface area contributed by atoms with E-state index in [0.29, 0.717) is 5.56 Å². The first kappa shape index (κ1) is 18.9. The van der Waals surface area contributed by atoms with E-state index in [1.54, 1.807) is 21.0 Å². The fourth-order valence-electron chi connectivity index (χ4n) is 2.25. The van der Waals surface area contributed by atoms with Crippen molar-refractivity contribution in [3.63, 3.8) is 0 Å². The van der Waals surface area contributed by atoms with Crippen LogP contribution in [0.4, 0.5) is 14.5 Å². The second kappa shape index (κ2) is 7.23. The zero-order chi connectivity index (χ0) is 18.8. The van der Waals surface area contributed by atoms with Crippen LogP contribution in [-0.2, 0) is 14.3 Å². The van der Waals surface area contributed by atoms with Crippen LogP contribution in [0.5, 0.6) is 0 Å². The summed E-state index contributed by atoms with van der Waals surface area (Å²) in [4.78, 5) is 24.6. The van der Waals surface area contributed by atoms with Crippen molar-refractivity contribution in [2.75, 3.05) is 26.0 Å². The molecule has 1 unspecified atom stereocenters. The first-order chi connectivity index (χ1) is 11.7. The van der Waals surface area contributed by atoms with E-state index in [-0.39, 0.29) is 17.9 Å². The molecule has 134 valence electrons. The molecule has 0 aliphatic carbocycles. The molecule has 1 aliphatic rings. The van der Waals surface area contributed by atoms with Gasteiger partial charge in [0.15, 0.2) is 16.6 Å². The maximum Gasteiger partial charge on any atom is 0.343 e. The fourth-order valence-corrected chi connectivity index (χ4v) is 2.52. The Hall–Kier alpha value is -2.41. The van der Waals surface area contributed by atoms with E-state index in [1.807, 2.05) is 0 Å². The van der Waals surface area contributed by atoms with Crippen molar-refractivity contribution < 1.29 is 23.1 Å². The number of anilines is 1. The highest BCUT2D eigenvalue weighted by atomic mass is 35.5. The molecule has 0 radical (unpaired) electrons. The molecule has 1 atom stereocenters. The molecule has 0 spiro atoms. The Morgan fingerprint density at radius 2 is 1.96 bits per heavy atom. The second-order valence-corrected chi connectivity index (χ2v) is 6.18. The number of nitrogens with zero attached hydrogens (tertiary/aromatic N) is 1. The number of esters is 1. The number of nitrogens with one attached hydrogen (secondary N) is 1. The summed E-state index contributed by atoms with van der Waals surface area (Å²) in [6, 6.07) is 1.88. The van der Waals surface area contributed by atoms with Crippen LogP contribution in [-0.4, -0.2) is 42.4 Å². The van der Waals surface area contributed by atoms with Gasteiger partial charge in [-0.1, -0.05) is 17.7 Å². The van der Waals surface area contributed by atoms with Crippen molar-refractivity contribution in [1.82, 2.24) is 4.90 Å². The Labute approximate surface area is 148 Å². The van der Waals surface area contributed by atoms with Crippen molar-refractivity contribution >= 4 is 35.1 Å². The third-order valence-corrected chi connectivity index (χ3v) is 3.75. The minimum atomic E-state index is -1.83. The van der Waals surface area contributed by atoms with Gasteiger partial charge >= 0.3 is 5.97 Å². The SMILES string of the molecule is CCOC(=O)C(=CN(C)C)C(=O)C1(Cl)C=Cc2cc(F)c(F)cc2N1. The first-order valence-corrected chi connectivity index (χ1v) is 7.81. The summed E-state index contributed by atoms with van der Waals surface area (Å²) < 4.78 is 31.7. The summed E-state index contributed by atoms with van der Waals surface area (Å²) in [6.45, 7) is 1.70. The Morgan fingerprint density at radius 3 is 2.56 bits per heavy atom. The monoisotopic (exact) mass is 370 g/mol. The number of hydrogen-bond acceptors (Lipinski definition) is 5. The summed E-state index contributed by atoms with van der Waals surface area (Å²) in [7, 11) is 3.26. The van der Waals surface area contributed by atoms with Crippen LogP contribution in [0, 0.1) is 11.6 Å². The number of Topliss-reactive ketones (excluding diaryl/α,β-unsaturated/α-hetero) is 1. The largest absolute Gasteiger partial charge is 0.462 e. The zero-order valence-corrected chi connectivity index (χ0v) is 14.7. The van der Waals surface area contributed by atoms with Gasteiger partial charge in [0.05, 0.1) is 6.61 Å². The third kappa shape index (κ3) is 3.99. The van der Waals surface area contributed by atoms with Crippen LogP contribution < -0.4 is 5.32 Å². The lowest BCUT2D eigenvalue weighted by atomic mass is 9.98. The quantitative estimate of drug-likeness (QED) is 0.216. The van der Waals surface area contributed by atoms with Gasteiger partial charge in [0.1, 0.15) is 5.57 Å². The Morgan fingerprint density at radius 1 is 1.32 bits per heavy atom. The smallest absolute Gasteiger partial charge is 0.343 e. The number of carbonyl (C=O) groups is 2. The van der Waals surface area contributed by atoms with E-state index < -0.39 is 28.4 Å². The van der Waals surface area contributed by atoms with Crippen LogP contribution in [0.25, 0.3) is 6.08 Å². The average Bonchev–Trinajstić information content (AvgIpc) is 2.53. The van der Waals surface area contributed by atoms with Gasteiger partial charge in [-0.25, -0.2) is 13.6 Å². The number of fused-ring (bicyclic) bond motifs is 1. The molecule has 1 aromatic rings. The van der Waals surface area contributed by atoms with Gasteiger partial charge in [0.2, 0.25) is 5.78 Å². The van der Waals surface area contributed by atoms with Crippen LogP contribution in [0.1, 0.15) is 12.5 Å². The van der Waals surface area contributed by atoms with Gasteiger partial charge < -0.3 is 15.0 Å². The van der Waals surface area contributed by atoms with Gasteiger partial charge in [-0.05, 0) is 19.1 Å². The molecule has 0 fully saturated rings. The number of ketones is 1. The number of rotatable bonds is 5. The molecule has 0 amide bonds.